The van der Waals surface area contributed by atoms with Crippen LogP contribution in [0, 0.1) is 0 Å². The van der Waals surface area contributed by atoms with Crippen LogP contribution in [0.3, 0.4) is 0 Å². The predicted octanol–water partition coefficient (Wildman–Crippen LogP) is 1.28. The number of nitrogens with one attached hydrogen (secondary N) is 1. The summed E-state index contributed by atoms with van der Waals surface area (Å²) in [5.74, 6) is 0. The highest BCUT2D eigenvalue weighted by Crippen LogP contribution is 2.07. The van der Waals surface area contributed by atoms with E-state index < -0.39 is 0 Å². The Labute approximate surface area is 95.1 Å². The molecular weight excluding hydrogens is 210 g/mol. The van der Waals surface area contributed by atoms with Crippen LogP contribution < -0.4 is 5.32 Å². The molecule has 1 aromatic heterocycles. The summed E-state index contributed by atoms with van der Waals surface area (Å²) in [6.07, 6.45) is 2.11. The molecule has 1 rings (SSSR count). The van der Waals surface area contributed by atoms with Gasteiger partial charge in [0.2, 0.25) is 0 Å². The average Bonchev–Trinajstić information content (AvgIpc) is 2.75. The van der Waals surface area contributed by atoms with Crippen LogP contribution in [-0.2, 0) is 11.2 Å². The average molecular weight is 229 g/mol. The lowest BCUT2D eigenvalue weighted by Crippen LogP contribution is -2.19. The maximum Gasteiger partial charge on any atom is 0.0697 e. The Bertz CT molecular complexity index is 227. The number of thiophene rings is 1. The van der Waals surface area contributed by atoms with Crippen LogP contribution >= 0.6 is 11.3 Å². The molecule has 0 aromatic carbocycles. The Morgan fingerprint density at radius 2 is 2.27 bits per heavy atom. The topological polar surface area (TPSA) is 41.5 Å². The summed E-state index contributed by atoms with van der Waals surface area (Å²) in [5.41, 5.74) is 0. The van der Waals surface area contributed by atoms with E-state index in [1.54, 1.807) is 11.3 Å². The van der Waals surface area contributed by atoms with Crippen LogP contribution in [0.2, 0.25) is 0 Å². The van der Waals surface area contributed by atoms with Gasteiger partial charge in [0.05, 0.1) is 13.2 Å². The Morgan fingerprint density at radius 1 is 1.33 bits per heavy atom. The van der Waals surface area contributed by atoms with Crippen LogP contribution in [0.25, 0.3) is 0 Å². The van der Waals surface area contributed by atoms with E-state index in [0.29, 0.717) is 6.61 Å². The summed E-state index contributed by atoms with van der Waals surface area (Å²) in [5, 5.41) is 13.9. The van der Waals surface area contributed by atoms with Gasteiger partial charge in [0.15, 0.2) is 0 Å². The molecule has 0 amide bonds. The second kappa shape index (κ2) is 8.85. The fraction of sp³-hybridized carbons (Fsp3) is 0.636. The summed E-state index contributed by atoms with van der Waals surface area (Å²) < 4.78 is 5.15. The monoisotopic (exact) mass is 229 g/mol. The molecule has 1 heterocycles. The first-order valence-electron chi connectivity index (χ1n) is 5.35. The van der Waals surface area contributed by atoms with Crippen molar-refractivity contribution in [1.29, 1.82) is 0 Å². The van der Waals surface area contributed by atoms with Gasteiger partial charge in [0, 0.05) is 11.5 Å². The lowest BCUT2D eigenvalue weighted by atomic mass is 10.3. The Kier molecular flexibility index (Phi) is 7.47. The zero-order valence-corrected chi connectivity index (χ0v) is 9.76. The molecule has 0 aliphatic carbocycles. The smallest absolute Gasteiger partial charge is 0.0697 e. The van der Waals surface area contributed by atoms with E-state index in [1.165, 1.54) is 4.88 Å². The third-order valence-corrected chi connectivity index (χ3v) is 2.94. The van der Waals surface area contributed by atoms with Gasteiger partial charge in [-0.25, -0.2) is 0 Å². The van der Waals surface area contributed by atoms with Gasteiger partial charge >= 0.3 is 0 Å². The lowest BCUT2D eigenvalue weighted by molar-refractivity contribution is 0.0908. The van der Waals surface area contributed by atoms with Crippen molar-refractivity contribution in [1.82, 2.24) is 5.32 Å². The van der Waals surface area contributed by atoms with Crippen LogP contribution in [0.4, 0.5) is 0 Å². The van der Waals surface area contributed by atoms with Crippen molar-refractivity contribution in [2.75, 3.05) is 32.9 Å². The first kappa shape index (κ1) is 12.6. The second-order valence-corrected chi connectivity index (χ2v) is 4.30. The van der Waals surface area contributed by atoms with Gasteiger partial charge in [-0.3, -0.25) is 0 Å². The molecule has 3 nitrogen and oxygen atoms in total. The molecule has 0 fully saturated rings. The van der Waals surface area contributed by atoms with Gasteiger partial charge < -0.3 is 15.2 Å². The van der Waals surface area contributed by atoms with Crippen LogP contribution in [0.1, 0.15) is 11.3 Å². The molecule has 0 atom stereocenters. The summed E-state index contributed by atoms with van der Waals surface area (Å²) in [6, 6.07) is 4.25. The Hall–Kier alpha value is -0.420. The minimum absolute atomic E-state index is 0.117. The SMILES string of the molecule is OCCOCCCNCCc1cccs1. The van der Waals surface area contributed by atoms with Crippen molar-refractivity contribution in [3.8, 4) is 0 Å². The highest BCUT2D eigenvalue weighted by molar-refractivity contribution is 7.09. The van der Waals surface area contributed by atoms with Gasteiger partial charge in [-0.15, -0.1) is 11.3 Å². The molecule has 0 aliphatic heterocycles. The quantitative estimate of drug-likeness (QED) is 0.627. The summed E-state index contributed by atoms with van der Waals surface area (Å²) >= 11 is 1.81. The van der Waals surface area contributed by atoms with E-state index in [1.807, 2.05) is 0 Å². The molecule has 1 aromatic rings. The van der Waals surface area contributed by atoms with Crippen LogP contribution in [0.5, 0.6) is 0 Å². The maximum absolute atomic E-state index is 8.47. The van der Waals surface area contributed by atoms with Crippen molar-refractivity contribution in [3.63, 3.8) is 0 Å². The summed E-state index contributed by atoms with van der Waals surface area (Å²) in [7, 11) is 0. The van der Waals surface area contributed by atoms with Crippen molar-refractivity contribution >= 4 is 11.3 Å². The van der Waals surface area contributed by atoms with Crippen molar-refractivity contribution < 1.29 is 9.84 Å². The Balaban J connectivity index is 1.81. The number of aliphatic hydroxyl groups is 1. The molecule has 0 saturated carbocycles. The normalized spacial score (nSPS) is 10.7. The maximum atomic E-state index is 8.47. The fourth-order valence-electron chi connectivity index (χ4n) is 1.26. The largest absolute Gasteiger partial charge is 0.394 e. The Morgan fingerprint density at radius 3 is 3.00 bits per heavy atom. The number of rotatable bonds is 9. The van der Waals surface area contributed by atoms with E-state index in [9.17, 15) is 0 Å². The van der Waals surface area contributed by atoms with E-state index in [2.05, 4.69) is 22.8 Å². The minimum Gasteiger partial charge on any atom is -0.394 e. The van der Waals surface area contributed by atoms with E-state index in [-0.39, 0.29) is 6.61 Å². The van der Waals surface area contributed by atoms with E-state index in [4.69, 9.17) is 9.84 Å². The van der Waals surface area contributed by atoms with Gasteiger partial charge in [0.1, 0.15) is 0 Å². The summed E-state index contributed by atoms with van der Waals surface area (Å²) in [4.78, 5) is 1.43. The molecule has 0 unspecified atom stereocenters. The molecule has 2 N–H and O–H groups in total. The number of ether oxygens (including phenoxy) is 1. The van der Waals surface area contributed by atoms with Gasteiger partial charge in [-0.2, -0.15) is 0 Å². The molecule has 0 radical (unpaired) electrons. The van der Waals surface area contributed by atoms with Crippen molar-refractivity contribution in [2.45, 2.75) is 12.8 Å². The van der Waals surface area contributed by atoms with Gasteiger partial charge in [0.25, 0.3) is 0 Å². The molecule has 15 heavy (non-hydrogen) atoms. The fourth-order valence-corrected chi connectivity index (χ4v) is 1.97. The van der Waals surface area contributed by atoms with Gasteiger partial charge in [-0.1, -0.05) is 6.07 Å². The van der Waals surface area contributed by atoms with Crippen molar-refractivity contribution in [2.24, 2.45) is 0 Å². The molecule has 4 heteroatoms. The van der Waals surface area contributed by atoms with E-state index in [0.717, 1.165) is 32.5 Å². The second-order valence-electron chi connectivity index (χ2n) is 3.27. The first-order valence-corrected chi connectivity index (χ1v) is 6.23. The van der Waals surface area contributed by atoms with E-state index >= 15 is 0 Å². The lowest BCUT2D eigenvalue weighted by Gasteiger charge is -2.04. The van der Waals surface area contributed by atoms with Crippen molar-refractivity contribution in [3.05, 3.63) is 22.4 Å². The molecule has 86 valence electrons. The van der Waals surface area contributed by atoms with Gasteiger partial charge in [-0.05, 0) is 37.4 Å². The number of hydrogen-bond donors (Lipinski definition) is 2. The zero-order valence-electron chi connectivity index (χ0n) is 8.95. The standard InChI is InChI=1S/C11H19NO2S/c13-7-9-14-8-2-5-12-6-4-11-3-1-10-15-11/h1,3,10,12-13H,2,4-9H2. The third-order valence-electron chi connectivity index (χ3n) is 2.01. The molecule has 0 aliphatic rings. The summed E-state index contributed by atoms with van der Waals surface area (Å²) in [6.45, 7) is 3.31. The third kappa shape index (κ3) is 6.62. The number of hydrogen-bond acceptors (Lipinski definition) is 4. The highest BCUT2D eigenvalue weighted by atomic mass is 32.1. The highest BCUT2D eigenvalue weighted by Gasteiger charge is 1.93. The molecular formula is C11H19NO2S. The first-order chi connectivity index (χ1) is 7.43. The number of aliphatic hydroxyl groups excluding tert-OH is 1. The molecule has 0 bridgehead atoms. The van der Waals surface area contributed by atoms with Crippen LogP contribution in [0.15, 0.2) is 17.5 Å². The zero-order chi connectivity index (χ0) is 10.8. The predicted molar refractivity (Wildman–Crippen MR) is 63.4 cm³/mol. The minimum atomic E-state index is 0.117. The molecule has 0 saturated heterocycles. The van der Waals surface area contributed by atoms with Crippen LogP contribution in [-0.4, -0.2) is 38.0 Å². The molecule has 0 spiro atoms.